The van der Waals surface area contributed by atoms with Gasteiger partial charge in [-0.15, -0.1) is 0 Å². The lowest BCUT2D eigenvalue weighted by Gasteiger charge is -2.19. The zero-order valence-corrected chi connectivity index (χ0v) is 11.8. The van der Waals surface area contributed by atoms with Crippen molar-refractivity contribution in [2.45, 2.75) is 12.5 Å². The highest BCUT2D eigenvalue weighted by molar-refractivity contribution is 5.24. The minimum Gasteiger partial charge on any atom is -1.00 e. The van der Waals surface area contributed by atoms with Crippen LogP contribution in [0.4, 0.5) is 0 Å². The maximum atomic E-state index is 6.06. The molecule has 0 aliphatic carbocycles. The van der Waals surface area contributed by atoms with Crippen LogP contribution in [-0.2, 0) is 0 Å². The van der Waals surface area contributed by atoms with Crippen molar-refractivity contribution in [1.82, 2.24) is 5.32 Å². The summed E-state index contributed by atoms with van der Waals surface area (Å²) in [5.74, 6) is 0.919. The maximum Gasteiger partial charge on any atom is 0.125 e. The summed E-state index contributed by atoms with van der Waals surface area (Å²) < 4.78 is 6.06. The number of halogens is 1. The zero-order chi connectivity index (χ0) is 12.6. The van der Waals surface area contributed by atoms with E-state index in [0.717, 1.165) is 18.7 Å². The van der Waals surface area contributed by atoms with E-state index in [2.05, 4.69) is 29.6 Å². The average molecular weight is 277 g/mol. The third-order valence-corrected chi connectivity index (χ3v) is 2.85. The number of hydrogen-bond donors (Lipinski definition) is 1. The lowest BCUT2D eigenvalue weighted by atomic mass is 10.1. The molecule has 0 aliphatic heterocycles. The van der Waals surface area contributed by atoms with Crippen molar-refractivity contribution in [2.24, 2.45) is 0 Å². The van der Waals surface area contributed by atoms with Gasteiger partial charge in [-0.2, -0.15) is 0 Å². The van der Waals surface area contributed by atoms with E-state index in [1.807, 2.05) is 43.4 Å². The Kier molecular flexibility index (Phi) is 7.01. The predicted molar refractivity (Wildman–Crippen MR) is 74.8 cm³/mol. The van der Waals surface area contributed by atoms with E-state index in [0.29, 0.717) is 0 Å². The van der Waals surface area contributed by atoms with Crippen LogP contribution in [0.3, 0.4) is 0 Å². The Bertz CT molecular complexity index is 447. The van der Waals surface area contributed by atoms with Gasteiger partial charge < -0.3 is 22.5 Å². The van der Waals surface area contributed by atoms with Gasteiger partial charge >= 0.3 is 0 Å². The molecule has 2 aromatic carbocycles. The number of nitrogens with one attached hydrogen (secondary N) is 1. The Hall–Kier alpha value is -1.51. The van der Waals surface area contributed by atoms with Gasteiger partial charge in [0.25, 0.3) is 0 Å². The molecule has 102 valence electrons. The molecule has 0 spiro atoms. The summed E-state index contributed by atoms with van der Waals surface area (Å²) >= 11 is 0. The molecule has 1 N–H and O–H groups in total. The normalized spacial score (nSPS) is 11.4. The second kappa shape index (κ2) is 8.57. The molecule has 0 aromatic heterocycles. The van der Waals surface area contributed by atoms with E-state index in [4.69, 9.17) is 4.74 Å². The molecule has 0 saturated carbocycles. The average Bonchev–Trinajstić information content (AvgIpc) is 2.45. The van der Waals surface area contributed by atoms with Gasteiger partial charge in [-0.3, -0.25) is 0 Å². The van der Waals surface area contributed by atoms with Crippen molar-refractivity contribution in [1.29, 1.82) is 0 Å². The summed E-state index contributed by atoms with van der Waals surface area (Å²) in [6.07, 6.45) is 1.05. The lowest BCUT2D eigenvalue weighted by Crippen LogP contribution is -3.00. The molecule has 0 aliphatic rings. The topological polar surface area (TPSA) is 21.3 Å². The van der Waals surface area contributed by atoms with Crippen LogP contribution in [0, 0.1) is 0 Å². The lowest BCUT2D eigenvalue weighted by molar-refractivity contribution is -0.00000449. The van der Waals surface area contributed by atoms with Crippen LogP contribution in [0.1, 0.15) is 18.1 Å². The molecule has 0 fully saturated rings. The first kappa shape index (κ1) is 15.5. The van der Waals surface area contributed by atoms with Crippen molar-refractivity contribution in [3.63, 3.8) is 0 Å². The van der Waals surface area contributed by atoms with Crippen LogP contribution in [-0.4, -0.2) is 13.6 Å². The van der Waals surface area contributed by atoms with Gasteiger partial charge in [0.1, 0.15) is 11.9 Å². The highest BCUT2D eigenvalue weighted by atomic mass is 35.5. The van der Waals surface area contributed by atoms with Crippen molar-refractivity contribution in [2.75, 3.05) is 13.6 Å². The first-order chi connectivity index (χ1) is 8.90. The molecule has 0 amide bonds. The van der Waals surface area contributed by atoms with Gasteiger partial charge in [-0.05, 0) is 31.3 Å². The Morgan fingerprint density at radius 1 is 0.947 bits per heavy atom. The van der Waals surface area contributed by atoms with Crippen LogP contribution >= 0.6 is 0 Å². The van der Waals surface area contributed by atoms with Crippen molar-refractivity contribution < 1.29 is 17.1 Å². The van der Waals surface area contributed by atoms with Gasteiger partial charge in [0.15, 0.2) is 0 Å². The van der Waals surface area contributed by atoms with Crippen molar-refractivity contribution >= 4 is 0 Å². The van der Waals surface area contributed by atoms with E-state index >= 15 is 0 Å². The van der Waals surface area contributed by atoms with Gasteiger partial charge in [-0.25, -0.2) is 0 Å². The monoisotopic (exact) mass is 276 g/mol. The first-order valence-corrected chi connectivity index (χ1v) is 6.31. The van der Waals surface area contributed by atoms with E-state index in [1.165, 1.54) is 5.56 Å². The van der Waals surface area contributed by atoms with E-state index < -0.39 is 0 Å². The summed E-state index contributed by atoms with van der Waals surface area (Å²) in [5, 5.41) is 3.17. The van der Waals surface area contributed by atoms with Gasteiger partial charge in [-0.1, -0.05) is 48.5 Å². The highest BCUT2D eigenvalue weighted by Gasteiger charge is 2.12. The molecule has 19 heavy (non-hydrogen) atoms. The van der Waals surface area contributed by atoms with Gasteiger partial charge in [0.05, 0.1) is 0 Å². The van der Waals surface area contributed by atoms with Crippen LogP contribution in [0.2, 0.25) is 0 Å². The second-order valence-electron chi connectivity index (χ2n) is 4.22. The molecule has 0 radical (unpaired) electrons. The number of hydrogen-bond acceptors (Lipinski definition) is 2. The quantitative estimate of drug-likeness (QED) is 0.826. The third kappa shape index (κ3) is 4.93. The summed E-state index contributed by atoms with van der Waals surface area (Å²) in [6.45, 7) is 0.937. The molecule has 0 saturated heterocycles. The van der Waals surface area contributed by atoms with E-state index in [1.54, 1.807) is 0 Å². The smallest absolute Gasteiger partial charge is 0.125 e. The second-order valence-corrected chi connectivity index (χ2v) is 4.22. The number of rotatable bonds is 6. The molecule has 2 rings (SSSR count). The van der Waals surface area contributed by atoms with Crippen LogP contribution < -0.4 is 22.5 Å². The Labute approximate surface area is 121 Å². The minimum absolute atomic E-state index is 0. The fourth-order valence-electron chi connectivity index (χ4n) is 1.90. The summed E-state index contributed by atoms with van der Waals surface area (Å²) in [6, 6.07) is 20.3. The minimum atomic E-state index is 0. The van der Waals surface area contributed by atoms with Crippen LogP contribution in [0.15, 0.2) is 60.7 Å². The molecular formula is C16H19ClNO-. The maximum absolute atomic E-state index is 6.06. The van der Waals surface area contributed by atoms with Gasteiger partial charge in [0, 0.05) is 6.42 Å². The van der Waals surface area contributed by atoms with E-state index in [-0.39, 0.29) is 18.5 Å². The van der Waals surface area contributed by atoms with E-state index in [9.17, 15) is 0 Å². The molecule has 0 heterocycles. The molecule has 0 bridgehead atoms. The van der Waals surface area contributed by atoms with Crippen molar-refractivity contribution in [3.8, 4) is 5.75 Å². The standard InChI is InChI=1S/C16H19NO.ClH/c1-17-13-12-16(14-8-4-2-5-9-14)18-15-10-6-3-7-11-15;/h2-11,16-17H,12-13H2,1H3;1H/p-1/t16-;/m1./s1. The fraction of sp³-hybridized carbons (Fsp3) is 0.250. The molecule has 1 atom stereocenters. The molecule has 0 unspecified atom stereocenters. The predicted octanol–water partition coefficient (Wildman–Crippen LogP) is 0.420. The van der Waals surface area contributed by atoms with Crippen LogP contribution in [0.5, 0.6) is 5.75 Å². The molecular weight excluding hydrogens is 258 g/mol. The number of para-hydroxylation sites is 1. The summed E-state index contributed by atoms with van der Waals surface area (Å²) in [4.78, 5) is 0. The molecule has 3 heteroatoms. The Morgan fingerprint density at radius 2 is 1.53 bits per heavy atom. The summed E-state index contributed by atoms with van der Waals surface area (Å²) in [5.41, 5.74) is 1.22. The Balaban J connectivity index is 0.00000180. The Morgan fingerprint density at radius 3 is 2.11 bits per heavy atom. The molecule has 2 nitrogen and oxygen atoms in total. The number of ether oxygens (including phenoxy) is 1. The van der Waals surface area contributed by atoms with Crippen molar-refractivity contribution in [3.05, 3.63) is 66.2 Å². The van der Waals surface area contributed by atoms with Gasteiger partial charge in [0.2, 0.25) is 0 Å². The fourth-order valence-corrected chi connectivity index (χ4v) is 1.90. The van der Waals surface area contributed by atoms with Crippen LogP contribution in [0.25, 0.3) is 0 Å². The molecule has 2 aromatic rings. The third-order valence-electron chi connectivity index (χ3n) is 2.85. The zero-order valence-electron chi connectivity index (χ0n) is 11.1. The SMILES string of the molecule is CNCC[C@@H](Oc1ccccc1)c1ccccc1.[Cl-]. The number of benzene rings is 2. The first-order valence-electron chi connectivity index (χ1n) is 6.31. The summed E-state index contributed by atoms with van der Waals surface area (Å²) in [7, 11) is 1.96. The highest BCUT2D eigenvalue weighted by Crippen LogP contribution is 2.24. The largest absolute Gasteiger partial charge is 1.00 e.